The SMILES string of the molecule is Cc1ccnc(C(=O)O)c1Oc1cc(Cl)cc(Br)c1.Cc1ccncc1Oc1cc(Cl)cc(Br)c1. The van der Waals surface area contributed by atoms with Gasteiger partial charge in [-0.15, -0.1) is 0 Å². The third-order valence-corrected chi connectivity index (χ3v) is 5.77. The van der Waals surface area contributed by atoms with Crippen LogP contribution in [0.25, 0.3) is 0 Å². The number of aryl methyl sites for hydroxylation is 2. The standard InChI is InChI=1S/C13H9BrClNO3.C12H9BrClNO/c1-7-2-3-16-11(13(17)18)12(7)19-10-5-8(14)4-9(15)6-10;1-8-2-3-15-7-12(8)16-11-5-9(13)4-10(14)6-11/h2-6H,1H3,(H,17,18);2-7H,1H3. The molecule has 6 nitrogen and oxygen atoms in total. The number of aromatic nitrogens is 2. The summed E-state index contributed by atoms with van der Waals surface area (Å²) in [4.78, 5) is 18.9. The van der Waals surface area contributed by atoms with Gasteiger partial charge in [0.1, 0.15) is 17.2 Å². The number of carboxylic acid groups (broad SMARTS) is 1. The lowest BCUT2D eigenvalue weighted by Crippen LogP contribution is -2.04. The Morgan fingerprint density at radius 2 is 1.43 bits per heavy atom. The highest BCUT2D eigenvalue weighted by Crippen LogP contribution is 2.32. The first-order valence-corrected chi connectivity index (χ1v) is 12.3. The average molecular weight is 641 g/mol. The maximum atomic E-state index is 11.1. The molecule has 10 heteroatoms. The number of aromatic carboxylic acids is 1. The molecule has 0 aliphatic heterocycles. The number of carbonyl (C=O) groups is 1. The van der Waals surface area contributed by atoms with Crippen LogP contribution in [0.4, 0.5) is 0 Å². The molecule has 4 rings (SSSR count). The Bertz CT molecular complexity index is 1330. The molecule has 180 valence electrons. The van der Waals surface area contributed by atoms with Crippen LogP contribution in [0.3, 0.4) is 0 Å². The van der Waals surface area contributed by atoms with Gasteiger partial charge in [-0.05, 0) is 73.5 Å². The van der Waals surface area contributed by atoms with Crippen LogP contribution in [0.5, 0.6) is 23.0 Å². The molecule has 0 aliphatic carbocycles. The fourth-order valence-corrected chi connectivity index (χ4v) is 4.46. The molecule has 0 saturated carbocycles. The van der Waals surface area contributed by atoms with E-state index in [2.05, 4.69) is 41.8 Å². The number of rotatable bonds is 5. The van der Waals surface area contributed by atoms with Gasteiger partial charge in [0, 0.05) is 31.4 Å². The lowest BCUT2D eigenvalue weighted by molar-refractivity contribution is 0.0687. The fraction of sp³-hybridized carbons (Fsp3) is 0.0800. The molecule has 0 atom stereocenters. The second kappa shape index (κ2) is 12.4. The van der Waals surface area contributed by atoms with Crippen molar-refractivity contribution in [2.75, 3.05) is 0 Å². The molecular formula is C25H18Br2Cl2N2O4. The molecule has 0 spiro atoms. The Hall–Kier alpha value is -2.65. The first-order chi connectivity index (χ1) is 16.6. The van der Waals surface area contributed by atoms with E-state index >= 15 is 0 Å². The highest BCUT2D eigenvalue weighted by atomic mass is 79.9. The van der Waals surface area contributed by atoms with E-state index in [0.717, 1.165) is 20.3 Å². The van der Waals surface area contributed by atoms with Crippen LogP contribution in [0, 0.1) is 13.8 Å². The van der Waals surface area contributed by atoms with E-state index < -0.39 is 5.97 Å². The summed E-state index contributed by atoms with van der Waals surface area (Å²) in [5.74, 6) is 0.939. The molecule has 0 aliphatic rings. The molecule has 2 aromatic carbocycles. The van der Waals surface area contributed by atoms with E-state index in [1.165, 1.54) is 6.20 Å². The van der Waals surface area contributed by atoms with Crippen molar-refractivity contribution in [2.45, 2.75) is 13.8 Å². The minimum atomic E-state index is -1.14. The number of hydrogen-bond acceptors (Lipinski definition) is 5. The zero-order chi connectivity index (χ0) is 25.5. The molecule has 35 heavy (non-hydrogen) atoms. The summed E-state index contributed by atoms with van der Waals surface area (Å²) in [7, 11) is 0. The Labute approximate surface area is 229 Å². The summed E-state index contributed by atoms with van der Waals surface area (Å²) in [6.45, 7) is 3.72. The van der Waals surface area contributed by atoms with Crippen LogP contribution in [0.15, 0.2) is 76.1 Å². The molecule has 2 heterocycles. The van der Waals surface area contributed by atoms with Gasteiger partial charge < -0.3 is 14.6 Å². The Morgan fingerprint density at radius 3 is 1.97 bits per heavy atom. The number of nitrogens with zero attached hydrogens (tertiary/aromatic N) is 2. The molecule has 0 bridgehead atoms. The van der Waals surface area contributed by atoms with E-state index in [9.17, 15) is 4.79 Å². The lowest BCUT2D eigenvalue weighted by atomic mass is 10.2. The van der Waals surface area contributed by atoms with Gasteiger partial charge in [-0.1, -0.05) is 55.1 Å². The Morgan fingerprint density at radius 1 is 0.857 bits per heavy atom. The molecule has 0 radical (unpaired) electrons. The predicted octanol–water partition coefficient (Wildman–Crippen LogP) is 8.89. The zero-order valence-electron chi connectivity index (χ0n) is 18.4. The lowest BCUT2D eigenvalue weighted by Gasteiger charge is -2.11. The normalized spacial score (nSPS) is 10.2. The minimum absolute atomic E-state index is 0.129. The van der Waals surface area contributed by atoms with Gasteiger partial charge in [-0.3, -0.25) is 4.98 Å². The summed E-state index contributed by atoms with van der Waals surface area (Å²) >= 11 is 18.5. The van der Waals surface area contributed by atoms with Crippen LogP contribution < -0.4 is 9.47 Å². The zero-order valence-corrected chi connectivity index (χ0v) is 23.1. The molecule has 0 amide bonds. The quantitative estimate of drug-likeness (QED) is 0.235. The van der Waals surface area contributed by atoms with Crippen LogP contribution in [-0.2, 0) is 0 Å². The van der Waals surface area contributed by atoms with Crippen LogP contribution in [0.2, 0.25) is 10.0 Å². The Balaban J connectivity index is 0.000000198. The average Bonchev–Trinajstić information content (AvgIpc) is 2.76. The molecular weight excluding hydrogens is 623 g/mol. The fourth-order valence-electron chi connectivity index (χ4n) is 2.80. The van der Waals surface area contributed by atoms with Crippen molar-refractivity contribution in [3.63, 3.8) is 0 Å². The highest BCUT2D eigenvalue weighted by molar-refractivity contribution is 9.10. The van der Waals surface area contributed by atoms with Gasteiger partial charge in [0.25, 0.3) is 0 Å². The third-order valence-electron chi connectivity index (χ3n) is 4.41. The van der Waals surface area contributed by atoms with Crippen LogP contribution in [0.1, 0.15) is 21.6 Å². The van der Waals surface area contributed by atoms with Gasteiger partial charge in [-0.25, -0.2) is 9.78 Å². The van der Waals surface area contributed by atoms with Crippen LogP contribution in [-0.4, -0.2) is 21.0 Å². The van der Waals surface area contributed by atoms with Gasteiger partial charge in [-0.2, -0.15) is 0 Å². The number of benzene rings is 2. The summed E-state index contributed by atoms with van der Waals surface area (Å²) < 4.78 is 12.9. The second-order valence-electron chi connectivity index (χ2n) is 7.17. The smallest absolute Gasteiger partial charge is 0.358 e. The largest absolute Gasteiger partial charge is 0.476 e. The highest BCUT2D eigenvalue weighted by Gasteiger charge is 2.16. The predicted molar refractivity (Wildman–Crippen MR) is 143 cm³/mol. The maximum absolute atomic E-state index is 11.1. The van der Waals surface area contributed by atoms with E-state index in [4.69, 9.17) is 37.8 Å². The molecule has 4 aromatic rings. The van der Waals surface area contributed by atoms with Crippen LogP contribution >= 0.6 is 55.1 Å². The van der Waals surface area contributed by atoms with Crippen molar-refractivity contribution >= 4 is 61.0 Å². The molecule has 0 fully saturated rings. The summed E-state index contributed by atoms with van der Waals surface area (Å²) in [6.07, 6.45) is 4.85. The summed E-state index contributed by atoms with van der Waals surface area (Å²) in [5, 5.41) is 10.2. The van der Waals surface area contributed by atoms with E-state index in [1.807, 2.05) is 25.1 Å². The third kappa shape index (κ3) is 7.93. The molecule has 0 unspecified atom stereocenters. The summed E-state index contributed by atoms with van der Waals surface area (Å²) in [5.41, 5.74) is 1.59. The number of ether oxygens (including phenoxy) is 2. The number of pyridine rings is 2. The first kappa shape index (κ1) is 26.9. The van der Waals surface area contributed by atoms with Crippen molar-refractivity contribution in [2.24, 2.45) is 0 Å². The molecule has 2 aromatic heterocycles. The van der Waals surface area contributed by atoms with Crippen molar-refractivity contribution in [3.8, 4) is 23.0 Å². The van der Waals surface area contributed by atoms with Gasteiger partial charge >= 0.3 is 5.97 Å². The Kier molecular flexibility index (Phi) is 9.51. The van der Waals surface area contributed by atoms with Gasteiger partial charge in [0.2, 0.25) is 0 Å². The van der Waals surface area contributed by atoms with Crippen molar-refractivity contribution in [1.82, 2.24) is 9.97 Å². The second-order valence-corrected chi connectivity index (χ2v) is 9.87. The number of hydrogen-bond donors (Lipinski definition) is 1. The van der Waals surface area contributed by atoms with E-state index in [0.29, 0.717) is 27.1 Å². The topological polar surface area (TPSA) is 81.5 Å². The maximum Gasteiger partial charge on any atom is 0.358 e. The van der Waals surface area contributed by atoms with E-state index in [1.54, 1.807) is 49.6 Å². The first-order valence-electron chi connectivity index (χ1n) is 10.00. The minimum Gasteiger partial charge on any atom is -0.476 e. The molecule has 1 N–H and O–H groups in total. The van der Waals surface area contributed by atoms with Crippen molar-refractivity contribution < 1.29 is 19.4 Å². The summed E-state index contributed by atoms with van der Waals surface area (Å²) in [6, 6.07) is 14.0. The van der Waals surface area contributed by atoms with Gasteiger partial charge in [0.15, 0.2) is 11.4 Å². The van der Waals surface area contributed by atoms with Crippen molar-refractivity contribution in [3.05, 3.63) is 103 Å². The van der Waals surface area contributed by atoms with Crippen molar-refractivity contribution in [1.29, 1.82) is 0 Å². The molecule has 0 saturated heterocycles. The van der Waals surface area contributed by atoms with E-state index in [-0.39, 0.29) is 11.4 Å². The number of halogens is 4. The number of carboxylic acids is 1. The van der Waals surface area contributed by atoms with Gasteiger partial charge in [0.05, 0.1) is 6.20 Å². The monoisotopic (exact) mass is 638 g/mol.